The number of nitrogens with one attached hydrogen (secondary N) is 1. The zero-order valence-corrected chi connectivity index (χ0v) is 16.7. The molecule has 1 aliphatic carbocycles. The highest BCUT2D eigenvalue weighted by Gasteiger charge is 2.25. The van der Waals surface area contributed by atoms with Gasteiger partial charge in [0.1, 0.15) is 0 Å². The Balaban J connectivity index is 1.43. The van der Waals surface area contributed by atoms with E-state index >= 15 is 0 Å². The molecule has 0 atom stereocenters. The fourth-order valence-corrected chi connectivity index (χ4v) is 4.06. The summed E-state index contributed by atoms with van der Waals surface area (Å²) < 4.78 is 30.0. The van der Waals surface area contributed by atoms with Crippen LogP contribution in [0.2, 0.25) is 0 Å². The van der Waals surface area contributed by atoms with Crippen molar-refractivity contribution in [2.45, 2.75) is 29.9 Å². The minimum Gasteiger partial charge on any atom is -0.452 e. The molecule has 1 N–H and O–H groups in total. The molecule has 1 aromatic heterocycles. The smallest absolute Gasteiger partial charge is 0.339 e. The van der Waals surface area contributed by atoms with E-state index in [1.807, 2.05) is 24.3 Å². The van der Waals surface area contributed by atoms with Crippen molar-refractivity contribution >= 4 is 40.2 Å². The van der Waals surface area contributed by atoms with Gasteiger partial charge in [-0.05, 0) is 55.2 Å². The molecule has 1 amide bonds. The summed E-state index contributed by atoms with van der Waals surface area (Å²) in [4.78, 5) is 30.0. The van der Waals surface area contributed by atoms with Crippen molar-refractivity contribution in [1.82, 2.24) is 4.98 Å². The van der Waals surface area contributed by atoms with Crippen LogP contribution >= 0.6 is 11.8 Å². The Morgan fingerprint density at radius 3 is 2.63 bits per heavy atom. The third-order valence-corrected chi connectivity index (χ3v) is 5.54. The van der Waals surface area contributed by atoms with E-state index in [0.29, 0.717) is 27.9 Å². The van der Waals surface area contributed by atoms with Gasteiger partial charge in [-0.15, -0.1) is 0 Å². The second-order valence-electron chi connectivity index (χ2n) is 6.81. The first kappa shape index (κ1) is 20.3. The molecule has 0 aliphatic heterocycles. The molecule has 154 valence electrons. The number of pyridine rings is 1. The number of hydrogen-bond acceptors (Lipinski definition) is 5. The maximum atomic E-state index is 12.8. The SMILES string of the molecule is O=C(COC(=O)c1c2c(nc3ccccc13)CCC2)Nc1ccc(SC(F)F)cc1. The van der Waals surface area contributed by atoms with Crippen LogP contribution in [0.4, 0.5) is 14.5 Å². The monoisotopic (exact) mass is 428 g/mol. The molecule has 4 rings (SSSR count). The predicted molar refractivity (Wildman–Crippen MR) is 111 cm³/mol. The highest BCUT2D eigenvalue weighted by atomic mass is 32.2. The van der Waals surface area contributed by atoms with Gasteiger partial charge < -0.3 is 10.1 Å². The van der Waals surface area contributed by atoms with Gasteiger partial charge in [0, 0.05) is 21.7 Å². The Labute approximate surface area is 175 Å². The number of aryl methyl sites for hydroxylation is 1. The zero-order chi connectivity index (χ0) is 21.1. The number of anilines is 1. The molecule has 0 unspecified atom stereocenters. The number of alkyl halides is 2. The number of hydrogen-bond donors (Lipinski definition) is 1. The van der Waals surface area contributed by atoms with Crippen molar-refractivity contribution < 1.29 is 23.1 Å². The Kier molecular flexibility index (Phi) is 5.94. The van der Waals surface area contributed by atoms with E-state index in [4.69, 9.17) is 4.74 Å². The first-order chi connectivity index (χ1) is 14.5. The van der Waals surface area contributed by atoms with E-state index in [-0.39, 0.29) is 0 Å². The molecule has 8 heteroatoms. The number of thioether (sulfide) groups is 1. The summed E-state index contributed by atoms with van der Waals surface area (Å²) in [6, 6.07) is 13.4. The first-order valence-electron chi connectivity index (χ1n) is 9.43. The number of carbonyl (C=O) groups excluding carboxylic acids is 2. The number of halogens is 2. The number of para-hydroxylation sites is 1. The van der Waals surface area contributed by atoms with Crippen molar-refractivity contribution in [2.24, 2.45) is 0 Å². The molecular weight excluding hydrogens is 410 g/mol. The second-order valence-corrected chi connectivity index (χ2v) is 7.87. The van der Waals surface area contributed by atoms with Crippen molar-refractivity contribution in [2.75, 3.05) is 11.9 Å². The van der Waals surface area contributed by atoms with Gasteiger partial charge in [0.25, 0.3) is 11.7 Å². The molecule has 2 aromatic carbocycles. The predicted octanol–water partition coefficient (Wildman–Crippen LogP) is 4.83. The summed E-state index contributed by atoms with van der Waals surface area (Å²) in [5.41, 5.74) is 3.45. The molecule has 0 saturated heterocycles. The number of nitrogens with zero attached hydrogens (tertiary/aromatic N) is 1. The minimum absolute atomic E-state index is 0.396. The summed E-state index contributed by atoms with van der Waals surface area (Å²) in [6.45, 7) is -0.447. The molecule has 0 fully saturated rings. The van der Waals surface area contributed by atoms with E-state index in [2.05, 4.69) is 10.3 Å². The Morgan fingerprint density at radius 2 is 1.87 bits per heavy atom. The van der Waals surface area contributed by atoms with Gasteiger partial charge in [-0.3, -0.25) is 9.78 Å². The lowest BCUT2D eigenvalue weighted by Crippen LogP contribution is -2.21. The second kappa shape index (κ2) is 8.79. The average molecular weight is 428 g/mol. The number of esters is 1. The lowest BCUT2D eigenvalue weighted by molar-refractivity contribution is -0.119. The summed E-state index contributed by atoms with van der Waals surface area (Å²) in [5.74, 6) is -3.56. The van der Waals surface area contributed by atoms with E-state index < -0.39 is 24.2 Å². The normalized spacial score (nSPS) is 12.8. The van der Waals surface area contributed by atoms with Gasteiger partial charge in [0.15, 0.2) is 6.61 Å². The Morgan fingerprint density at radius 1 is 1.10 bits per heavy atom. The van der Waals surface area contributed by atoms with Gasteiger partial charge in [0.2, 0.25) is 0 Å². The molecule has 5 nitrogen and oxygen atoms in total. The van der Waals surface area contributed by atoms with Crippen LogP contribution in [0, 0.1) is 0 Å². The average Bonchev–Trinajstić information content (AvgIpc) is 3.19. The number of rotatable bonds is 6. The van der Waals surface area contributed by atoms with E-state index in [1.54, 1.807) is 0 Å². The lowest BCUT2D eigenvalue weighted by atomic mass is 10.0. The summed E-state index contributed by atoms with van der Waals surface area (Å²) >= 11 is 0.428. The maximum Gasteiger partial charge on any atom is 0.339 e. The minimum atomic E-state index is -2.50. The summed E-state index contributed by atoms with van der Waals surface area (Å²) in [7, 11) is 0. The van der Waals surface area contributed by atoms with E-state index in [0.717, 1.165) is 41.4 Å². The molecule has 1 aliphatic rings. The fraction of sp³-hybridized carbons (Fsp3) is 0.227. The molecule has 3 aromatic rings. The quantitative estimate of drug-likeness (QED) is 0.450. The molecule has 0 bridgehead atoms. The van der Waals surface area contributed by atoms with Crippen LogP contribution in [-0.4, -0.2) is 29.2 Å². The van der Waals surface area contributed by atoms with Crippen LogP contribution in [0.15, 0.2) is 53.4 Å². The Bertz CT molecular complexity index is 1100. The molecule has 0 spiro atoms. The number of benzene rings is 2. The standard InChI is InChI=1S/C22H18F2N2O3S/c23-22(24)30-14-10-8-13(9-11-14)25-19(27)12-29-21(28)20-15-4-1-2-6-17(15)26-18-7-3-5-16(18)20/h1-2,4,6,8-11,22H,3,5,7,12H2,(H,25,27). The van der Waals surface area contributed by atoms with Crippen LogP contribution in [0.25, 0.3) is 10.9 Å². The summed E-state index contributed by atoms with van der Waals surface area (Å²) in [5, 5.41) is 3.31. The van der Waals surface area contributed by atoms with Crippen LogP contribution in [0.1, 0.15) is 28.0 Å². The number of amides is 1. The van der Waals surface area contributed by atoms with Crippen LogP contribution in [0.5, 0.6) is 0 Å². The first-order valence-corrected chi connectivity index (χ1v) is 10.3. The van der Waals surface area contributed by atoms with Gasteiger partial charge in [0.05, 0.1) is 11.1 Å². The van der Waals surface area contributed by atoms with Crippen LogP contribution < -0.4 is 5.32 Å². The van der Waals surface area contributed by atoms with E-state index in [9.17, 15) is 18.4 Å². The van der Waals surface area contributed by atoms with Gasteiger partial charge in [-0.2, -0.15) is 8.78 Å². The van der Waals surface area contributed by atoms with Crippen molar-refractivity contribution in [1.29, 1.82) is 0 Å². The highest BCUT2D eigenvalue weighted by molar-refractivity contribution is 7.99. The zero-order valence-electron chi connectivity index (χ0n) is 15.9. The fourth-order valence-electron chi connectivity index (χ4n) is 3.56. The topological polar surface area (TPSA) is 68.3 Å². The van der Waals surface area contributed by atoms with E-state index in [1.165, 1.54) is 24.3 Å². The van der Waals surface area contributed by atoms with Gasteiger partial charge >= 0.3 is 5.97 Å². The molecule has 30 heavy (non-hydrogen) atoms. The van der Waals surface area contributed by atoms with Crippen molar-refractivity contribution in [3.63, 3.8) is 0 Å². The molecular formula is C22H18F2N2O3S. The number of fused-ring (bicyclic) bond motifs is 2. The van der Waals surface area contributed by atoms with Gasteiger partial charge in [-0.1, -0.05) is 30.0 Å². The highest BCUT2D eigenvalue weighted by Crippen LogP contribution is 2.30. The number of aromatic nitrogens is 1. The molecule has 0 radical (unpaired) electrons. The van der Waals surface area contributed by atoms with Crippen LogP contribution in [0.3, 0.4) is 0 Å². The third-order valence-electron chi connectivity index (χ3n) is 4.82. The number of carbonyl (C=O) groups is 2. The number of ether oxygens (including phenoxy) is 1. The maximum absolute atomic E-state index is 12.8. The van der Waals surface area contributed by atoms with Crippen molar-refractivity contribution in [3.8, 4) is 0 Å². The van der Waals surface area contributed by atoms with Crippen LogP contribution in [-0.2, 0) is 22.4 Å². The van der Waals surface area contributed by atoms with Crippen molar-refractivity contribution in [3.05, 3.63) is 65.4 Å². The van der Waals surface area contributed by atoms with Gasteiger partial charge in [-0.25, -0.2) is 4.79 Å². The molecule has 1 heterocycles. The summed E-state index contributed by atoms with van der Waals surface area (Å²) in [6.07, 6.45) is 2.51. The lowest BCUT2D eigenvalue weighted by Gasteiger charge is -2.12. The third kappa shape index (κ3) is 4.43. The largest absolute Gasteiger partial charge is 0.452 e. The molecule has 0 saturated carbocycles. The Hall–Kier alpha value is -3.00.